The Hall–Kier alpha value is -3.78. The number of thiophene rings is 1. The molecule has 3 heterocycles. The molecular weight excluding hydrogens is 438 g/mol. The van der Waals surface area contributed by atoms with Gasteiger partial charge in [0, 0.05) is 23.4 Å². The Labute approximate surface area is 193 Å². The zero-order valence-electron chi connectivity index (χ0n) is 18.0. The standard InChI is InChI=1S/C25H21N3O4S/c1-2-32-25(31)22-19(14-20(33-22)15-7-4-3-5-8-15)27-23(29)16-10-11-17-18(13-16)26-21-9-6-12-28(21)24(17)30/h3-5,7-8,10-11,13-14H,2,6,9,12H2,1H3,(H,27,29). The lowest BCUT2D eigenvalue weighted by Crippen LogP contribution is -2.21. The number of aromatic nitrogens is 2. The molecule has 1 amide bonds. The van der Waals surface area contributed by atoms with Crippen molar-refractivity contribution >= 4 is 39.8 Å². The van der Waals surface area contributed by atoms with Crippen LogP contribution in [0.15, 0.2) is 59.4 Å². The second-order valence-electron chi connectivity index (χ2n) is 7.71. The molecule has 0 aliphatic carbocycles. The molecular formula is C25H21N3O4S. The lowest BCUT2D eigenvalue weighted by Gasteiger charge is -2.08. The van der Waals surface area contributed by atoms with Crippen molar-refractivity contribution in [1.82, 2.24) is 9.55 Å². The second kappa shape index (κ2) is 8.63. The molecule has 0 spiro atoms. The van der Waals surface area contributed by atoms with Gasteiger partial charge in [-0.3, -0.25) is 14.2 Å². The van der Waals surface area contributed by atoms with E-state index in [1.54, 1.807) is 35.8 Å². The summed E-state index contributed by atoms with van der Waals surface area (Å²) in [5, 5.41) is 3.34. The highest BCUT2D eigenvalue weighted by molar-refractivity contribution is 7.18. The number of benzene rings is 2. The predicted molar refractivity (Wildman–Crippen MR) is 128 cm³/mol. The van der Waals surface area contributed by atoms with Crippen LogP contribution in [0.2, 0.25) is 0 Å². The zero-order chi connectivity index (χ0) is 22.9. The topological polar surface area (TPSA) is 90.3 Å². The Morgan fingerprint density at radius 2 is 1.97 bits per heavy atom. The summed E-state index contributed by atoms with van der Waals surface area (Å²) in [6.07, 6.45) is 1.64. The Balaban J connectivity index is 1.49. The van der Waals surface area contributed by atoms with Gasteiger partial charge in [-0.2, -0.15) is 0 Å². The molecule has 1 N–H and O–H groups in total. The van der Waals surface area contributed by atoms with Crippen LogP contribution in [0.4, 0.5) is 5.69 Å². The minimum Gasteiger partial charge on any atom is -0.462 e. The van der Waals surface area contributed by atoms with Crippen molar-refractivity contribution in [2.24, 2.45) is 0 Å². The first-order valence-corrected chi connectivity index (χ1v) is 11.6. The van der Waals surface area contributed by atoms with Gasteiger partial charge in [0.05, 0.1) is 23.2 Å². The number of amides is 1. The van der Waals surface area contributed by atoms with E-state index in [9.17, 15) is 14.4 Å². The van der Waals surface area contributed by atoms with Crippen LogP contribution in [-0.2, 0) is 17.7 Å². The highest BCUT2D eigenvalue weighted by atomic mass is 32.1. The van der Waals surface area contributed by atoms with E-state index in [0.29, 0.717) is 33.6 Å². The highest BCUT2D eigenvalue weighted by Gasteiger charge is 2.21. The first-order chi connectivity index (χ1) is 16.0. The number of aryl methyl sites for hydroxylation is 1. The van der Waals surface area contributed by atoms with Gasteiger partial charge in [0.1, 0.15) is 10.7 Å². The van der Waals surface area contributed by atoms with Crippen molar-refractivity contribution in [3.63, 3.8) is 0 Å². The van der Waals surface area contributed by atoms with E-state index in [2.05, 4.69) is 10.3 Å². The normalized spacial score (nSPS) is 12.5. The summed E-state index contributed by atoms with van der Waals surface area (Å²) < 4.78 is 6.89. The lowest BCUT2D eigenvalue weighted by molar-refractivity contribution is 0.0533. The number of ether oxygens (including phenoxy) is 1. The molecule has 0 unspecified atom stereocenters. The fourth-order valence-electron chi connectivity index (χ4n) is 4.00. The Morgan fingerprint density at radius 1 is 1.15 bits per heavy atom. The minimum absolute atomic E-state index is 0.0746. The van der Waals surface area contributed by atoms with Crippen LogP contribution in [-0.4, -0.2) is 28.0 Å². The fourth-order valence-corrected chi connectivity index (χ4v) is 5.01. The summed E-state index contributed by atoms with van der Waals surface area (Å²) in [7, 11) is 0. The van der Waals surface area contributed by atoms with Gasteiger partial charge in [-0.05, 0) is 43.2 Å². The molecule has 0 bridgehead atoms. The number of nitrogens with zero attached hydrogens (tertiary/aromatic N) is 2. The first-order valence-electron chi connectivity index (χ1n) is 10.8. The van der Waals surface area contributed by atoms with E-state index < -0.39 is 5.97 Å². The van der Waals surface area contributed by atoms with Gasteiger partial charge < -0.3 is 10.1 Å². The fraction of sp³-hybridized carbons (Fsp3) is 0.200. The Kier molecular flexibility index (Phi) is 5.51. The summed E-state index contributed by atoms with van der Waals surface area (Å²) in [4.78, 5) is 44.1. The maximum Gasteiger partial charge on any atom is 0.350 e. The summed E-state index contributed by atoms with van der Waals surface area (Å²) in [5.74, 6) is -0.119. The monoisotopic (exact) mass is 459 g/mol. The zero-order valence-corrected chi connectivity index (χ0v) is 18.8. The van der Waals surface area contributed by atoms with Crippen LogP contribution in [0.3, 0.4) is 0 Å². The van der Waals surface area contributed by atoms with Crippen LogP contribution >= 0.6 is 11.3 Å². The van der Waals surface area contributed by atoms with E-state index >= 15 is 0 Å². The molecule has 1 aliphatic heterocycles. The maximum atomic E-state index is 13.1. The van der Waals surface area contributed by atoms with Crippen molar-refractivity contribution in [1.29, 1.82) is 0 Å². The molecule has 33 heavy (non-hydrogen) atoms. The highest BCUT2D eigenvalue weighted by Crippen LogP contribution is 2.35. The molecule has 166 valence electrons. The molecule has 4 aromatic rings. The summed E-state index contributed by atoms with van der Waals surface area (Å²) in [6.45, 7) is 2.65. The van der Waals surface area contributed by atoms with Gasteiger partial charge in [0.2, 0.25) is 0 Å². The molecule has 0 atom stereocenters. The largest absolute Gasteiger partial charge is 0.462 e. The number of esters is 1. The number of carbonyl (C=O) groups excluding carboxylic acids is 2. The van der Waals surface area contributed by atoms with Crippen LogP contribution in [0.25, 0.3) is 21.3 Å². The van der Waals surface area contributed by atoms with Crippen molar-refractivity contribution in [3.8, 4) is 10.4 Å². The van der Waals surface area contributed by atoms with Gasteiger partial charge >= 0.3 is 5.97 Å². The van der Waals surface area contributed by atoms with E-state index in [1.165, 1.54) is 11.3 Å². The molecule has 0 saturated carbocycles. The van der Waals surface area contributed by atoms with E-state index in [-0.39, 0.29) is 18.1 Å². The van der Waals surface area contributed by atoms with E-state index in [4.69, 9.17) is 4.74 Å². The van der Waals surface area contributed by atoms with E-state index in [1.807, 2.05) is 30.3 Å². The maximum absolute atomic E-state index is 13.1. The molecule has 8 heteroatoms. The SMILES string of the molecule is CCOC(=O)c1sc(-c2ccccc2)cc1NC(=O)c1ccc2c(=O)n3c(nc2c1)CCC3. The predicted octanol–water partition coefficient (Wildman–Crippen LogP) is 4.50. The third kappa shape index (κ3) is 3.93. The van der Waals surface area contributed by atoms with Crippen molar-refractivity contribution in [3.05, 3.63) is 81.2 Å². The molecule has 0 saturated heterocycles. The molecule has 0 fully saturated rings. The van der Waals surface area contributed by atoms with Crippen LogP contribution in [0, 0.1) is 0 Å². The molecule has 2 aromatic carbocycles. The Morgan fingerprint density at radius 3 is 2.76 bits per heavy atom. The third-order valence-electron chi connectivity index (χ3n) is 5.58. The number of carbonyl (C=O) groups is 2. The van der Waals surface area contributed by atoms with Crippen LogP contribution in [0.5, 0.6) is 0 Å². The number of hydrogen-bond acceptors (Lipinski definition) is 6. The van der Waals surface area contributed by atoms with Gasteiger partial charge in [0.25, 0.3) is 11.5 Å². The number of hydrogen-bond donors (Lipinski definition) is 1. The molecule has 7 nitrogen and oxygen atoms in total. The van der Waals surface area contributed by atoms with Gasteiger partial charge in [0.15, 0.2) is 0 Å². The molecule has 1 aliphatic rings. The molecule has 5 rings (SSSR count). The number of rotatable bonds is 5. The van der Waals surface area contributed by atoms with Crippen molar-refractivity contribution in [2.75, 3.05) is 11.9 Å². The second-order valence-corrected chi connectivity index (χ2v) is 8.77. The van der Waals surface area contributed by atoms with Crippen molar-refractivity contribution < 1.29 is 14.3 Å². The average Bonchev–Trinajstić information content (AvgIpc) is 3.47. The summed E-state index contributed by atoms with van der Waals surface area (Å²) in [6, 6.07) is 16.3. The number of anilines is 1. The van der Waals surface area contributed by atoms with Crippen LogP contribution < -0.4 is 10.9 Å². The Bertz CT molecular complexity index is 1440. The lowest BCUT2D eigenvalue weighted by atomic mass is 10.1. The average molecular weight is 460 g/mol. The summed E-state index contributed by atoms with van der Waals surface area (Å²) >= 11 is 1.27. The minimum atomic E-state index is -0.483. The molecule has 2 aromatic heterocycles. The van der Waals surface area contributed by atoms with Gasteiger partial charge in [-0.1, -0.05) is 30.3 Å². The van der Waals surface area contributed by atoms with Gasteiger partial charge in [-0.25, -0.2) is 9.78 Å². The van der Waals surface area contributed by atoms with Gasteiger partial charge in [-0.15, -0.1) is 11.3 Å². The number of fused-ring (bicyclic) bond motifs is 2. The smallest absolute Gasteiger partial charge is 0.350 e. The first kappa shape index (κ1) is 21.1. The summed E-state index contributed by atoms with van der Waals surface area (Å²) in [5.41, 5.74) is 2.12. The van der Waals surface area contributed by atoms with Crippen LogP contribution in [0.1, 0.15) is 39.2 Å². The molecule has 0 radical (unpaired) electrons. The quantitative estimate of drug-likeness (QED) is 0.444. The van der Waals surface area contributed by atoms with Crippen molar-refractivity contribution in [2.45, 2.75) is 26.3 Å². The van der Waals surface area contributed by atoms with E-state index in [0.717, 1.165) is 29.1 Å². The number of nitrogens with one attached hydrogen (secondary N) is 1. The third-order valence-corrected chi connectivity index (χ3v) is 6.74.